The molecule has 5 nitrogen and oxygen atoms in total. The predicted molar refractivity (Wildman–Crippen MR) is 95.2 cm³/mol. The van der Waals surface area contributed by atoms with Gasteiger partial charge in [0.15, 0.2) is 17.5 Å². The molecule has 0 saturated heterocycles. The number of nitrogens with zero attached hydrogens (tertiary/aromatic N) is 1. The maximum absolute atomic E-state index is 13.0. The van der Waals surface area contributed by atoms with E-state index >= 15 is 0 Å². The minimum absolute atomic E-state index is 0.293. The molecule has 0 saturated carbocycles. The highest BCUT2D eigenvalue weighted by Crippen LogP contribution is 2.31. The van der Waals surface area contributed by atoms with E-state index in [1.807, 2.05) is 24.3 Å². The van der Waals surface area contributed by atoms with Crippen molar-refractivity contribution in [2.75, 3.05) is 5.32 Å². The van der Waals surface area contributed by atoms with E-state index in [1.54, 1.807) is 23.7 Å². The van der Waals surface area contributed by atoms with Gasteiger partial charge in [-0.1, -0.05) is 29.8 Å². The molecule has 1 amide bonds. The van der Waals surface area contributed by atoms with Gasteiger partial charge >= 0.3 is 0 Å². The lowest BCUT2D eigenvalue weighted by Gasteiger charge is -2.22. The normalized spacial score (nSPS) is 16.6. The third-order valence-electron chi connectivity index (χ3n) is 4.50. The lowest BCUT2D eigenvalue weighted by atomic mass is 9.87. The van der Waals surface area contributed by atoms with E-state index in [0.29, 0.717) is 22.0 Å². The second-order valence-electron chi connectivity index (χ2n) is 5.99. The monoisotopic (exact) mass is 352 g/mol. The van der Waals surface area contributed by atoms with Gasteiger partial charge in [0.1, 0.15) is 0 Å². The summed E-state index contributed by atoms with van der Waals surface area (Å²) in [6, 6.07) is 13.8. The molecule has 1 unspecified atom stereocenters. The van der Waals surface area contributed by atoms with Gasteiger partial charge in [-0.2, -0.15) is 0 Å². The molecule has 1 atom stereocenters. The van der Waals surface area contributed by atoms with Gasteiger partial charge in [0.25, 0.3) is 0 Å². The number of anilines is 1. The molecule has 6 heteroatoms. The second kappa shape index (κ2) is 5.57. The van der Waals surface area contributed by atoms with Crippen molar-refractivity contribution in [1.82, 2.24) is 4.57 Å². The minimum Gasteiger partial charge on any atom is -0.341 e. The second-order valence-corrected chi connectivity index (χ2v) is 6.42. The van der Waals surface area contributed by atoms with Crippen molar-refractivity contribution >= 4 is 45.7 Å². The fourth-order valence-corrected chi connectivity index (χ4v) is 3.40. The first-order valence-corrected chi connectivity index (χ1v) is 8.08. The summed E-state index contributed by atoms with van der Waals surface area (Å²) in [5.74, 6) is -3.04. The molecule has 1 aliphatic heterocycles. The number of benzene rings is 2. The highest BCUT2D eigenvalue weighted by Gasteiger charge is 2.41. The van der Waals surface area contributed by atoms with E-state index in [0.717, 1.165) is 10.9 Å². The number of rotatable bonds is 2. The van der Waals surface area contributed by atoms with Crippen LogP contribution in [0.1, 0.15) is 20.8 Å². The maximum atomic E-state index is 13.0. The first kappa shape index (κ1) is 15.6. The van der Waals surface area contributed by atoms with Crippen molar-refractivity contribution in [3.63, 3.8) is 0 Å². The van der Waals surface area contributed by atoms with E-state index in [2.05, 4.69) is 5.32 Å². The average Bonchev–Trinajstić information content (AvgIpc) is 2.91. The summed E-state index contributed by atoms with van der Waals surface area (Å²) in [7, 11) is 1.74. The Hall–Kier alpha value is -2.92. The number of nitrogens with one attached hydrogen (secondary N) is 1. The number of hydrogen-bond acceptors (Lipinski definition) is 3. The average molecular weight is 353 g/mol. The summed E-state index contributed by atoms with van der Waals surface area (Å²) in [4.78, 5) is 38.1. The Morgan fingerprint density at radius 1 is 1.12 bits per heavy atom. The van der Waals surface area contributed by atoms with Crippen LogP contribution in [0.5, 0.6) is 0 Å². The fourth-order valence-electron chi connectivity index (χ4n) is 3.23. The van der Waals surface area contributed by atoms with Crippen LogP contribution in [0.15, 0.2) is 48.5 Å². The van der Waals surface area contributed by atoms with Crippen molar-refractivity contribution in [3.05, 3.63) is 64.8 Å². The van der Waals surface area contributed by atoms with Crippen LogP contribution in [-0.2, 0) is 11.8 Å². The molecule has 25 heavy (non-hydrogen) atoms. The highest BCUT2D eigenvalue weighted by molar-refractivity contribution is 6.35. The molecule has 0 aliphatic carbocycles. The van der Waals surface area contributed by atoms with Crippen LogP contribution in [0.25, 0.3) is 10.9 Å². The molecular weight excluding hydrogens is 340 g/mol. The largest absolute Gasteiger partial charge is 0.341 e. The Labute approximate surface area is 148 Å². The zero-order valence-corrected chi connectivity index (χ0v) is 14.0. The predicted octanol–water partition coefficient (Wildman–Crippen LogP) is 3.47. The van der Waals surface area contributed by atoms with Crippen LogP contribution in [-0.4, -0.2) is 22.0 Å². The number of carbonyl (C=O) groups excluding carboxylic acids is 3. The SMILES string of the molecule is Cn1c(C(=O)C2C(=O)Nc3cc(Cl)ccc3C2=O)cc2ccccc21. The van der Waals surface area contributed by atoms with E-state index < -0.39 is 23.4 Å². The van der Waals surface area contributed by atoms with Crippen LogP contribution in [0.2, 0.25) is 5.02 Å². The number of carbonyl (C=O) groups is 3. The number of hydrogen-bond donors (Lipinski definition) is 1. The van der Waals surface area contributed by atoms with E-state index in [4.69, 9.17) is 11.6 Å². The van der Waals surface area contributed by atoms with Gasteiger partial charge in [-0.15, -0.1) is 0 Å². The molecule has 2 heterocycles. The van der Waals surface area contributed by atoms with Crippen LogP contribution in [0.3, 0.4) is 0 Å². The molecule has 0 radical (unpaired) electrons. The van der Waals surface area contributed by atoms with Crippen molar-refractivity contribution in [2.24, 2.45) is 13.0 Å². The minimum atomic E-state index is -1.39. The number of ketones is 2. The summed E-state index contributed by atoms with van der Waals surface area (Å²) in [6.45, 7) is 0. The number of Topliss-reactive ketones (excluding diaryl/α,β-unsaturated/α-hetero) is 2. The van der Waals surface area contributed by atoms with Gasteiger partial charge in [-0.25, -0.2) is 0 Å². The Kier molecular flexibility index (Phi) is 3.47. The maximum Gasteiger partial charge on any atom is 0.243 e. The summed E-state index contributed by atoms with van der Waals surface area (Å²) in [6.07, 6.45) is 0. The van der Waals surface area contributed by atoms with Crippen LogP contribution in [0.4, 0.5) is 5.69 Å². The summed E-state index contributed by atoms with van der Waals surface area (Å²) in [5.41, 5.74) is 1.82. The Bertz CT molecular complexity index is 1070. The van der Waals surface area contributed by atoms with E-state index in [1.165, 1.54) is 12.1 Å². The lowest BCUT2D eigenvalue weighted by Crippen LogP contribution is -2.41. The molecule has 3 aromatic rings. The topological polar surface area (TPSA) is 68.2 Å². The van der Waals surface area contributed by atoms with E-state index in [-0.39, 0.29) is 0 Å². The van der Waals surface area contributed by atoms with E-state index in [9.17, 15) is 14.4 Å². The number of para-hydroxylation sites is 1. The van der Waals surface area contributed by atoms with Crippen molar-refractivity contribution in [2.45, 2.75) is 0 Å². The zero-order chi connectivity index (χ0) is 17.7. The molecule has 124 valence electrons. The van der Waals surface area contributed by atoms with Crippen molar-refractivity contribution < 1.29 is 14.4 Å². The van der Waals surface area contributed by atoms with Crippen molar-refractivity contribution in [3.8, 4) is 0 Å². The number of amides is 1. The fraction of sp³-hybridized carbons (Fsp3) is 0.105. The standard InChI is InChI=1S/C19H13ClN2O3/c1-22-14-5-3-2-4-10(14)8-15(22)18(24)16-17(23)12-7-6-11(20)9-13(12)21-19(16)25/h2-9,16H,1H3,(H,21,25). The number of fused-ring (bicyclic) bond motifs is 2. The van der Waals surface area contributed by atoms with Crippen LogP contribution < -0.4 is 5.32 Å². The lowest BCUT2D eigenvalue weighted by molar-refractivity contribution is -0.117. The third kappa shape index (κ3) is 2.36. The smallest absolute Gasteiger partial charge is 0.243 e. The first-order valence-electron chi connectivity index (χ1n) is 7.70. The quantitative estimate of drug-likeness (QED) is 0.567. The molecular formula is C19H13ClN2O3. The van der Waals surface area contributed by atoms with Crippen molar-refractivity contribution in [1.29, 1.82) is 0 Å². The third-order valence-corrected chi connectivity index (χ3v) is 4.73. The zero-order valence-electron chi connectivity index (χ0n) is 13.2. The van der Waals surface area contributed by atoms with Gasteiger partial charge in [-0.3, -0.25) is 14.4 Å². The number of aryl methyl sites for hydroxylation is 1. The molecule has 0 spiro atoms. The Morgan fingerprint density at radius 3 is 2.64 bits per heavy atom. The first-order chi connectivity index (χ1) is 12.0. The highest BCUT2D eigenvalue weighted by atomic mass is 35.5. The van der Waals surface area contributed by atoms with Gasteiger partial charge < -0.3 is 9.88 Å². The number of aromatic nitrogens is 1. The van der Waals surface area contributed by atoms with Crippen LogP contribution >= 0.6 is 11.6 Å². The summed E-state index contributed by atoms with van der Waals surface area (Å²) in [5, 5.41) is 3.90. The molecule has 0 bridgehead atoms. The molecule has 1 N–H and O–H groups in total. The van der Waals surface area contributed by atoms with Gasteiger partial charge in [0.2, 0.25) is 5.91 Å². The number of halogens is 1. The summed E-state index contributed by atoms with van der Waals surface area (Å²) < 4.78 is 1.70. The van der Waals surface area contributed by atoms with Gasteiger partial charge in [0, 0.05) is 28.5 Å². The molecule has 1 aromatic heterocycles. The Morgan fingerprint density at radius 2 is 1.88 bits per heavy atom. The molecule has 1 aliphatic rings. The summed E-state index contributed by atoms with van der Waals surface area (Å²) >= 11 is 5.90. The Balaban J connectivity index is 1.79. The molecule has 2 aromatic carbocycles. The van der Waals surface area contributed by atoms with Crippen LogP contribution in [0, 0.1) is 5.92 Å². The molecule has 0 fully saturated rings. The van der Waals surface area contributed by atoms with Gasteiger partial charge in [-0.05, 0) is 30.3 Å². The van der Waals surface area contributed by atoms with Gasteiger partial charge in [0.05, 0.1) is 11.4 Å². The molecule has 4 rings (SSSR count).